The van der Waals surface area contributed by atoms with Crippen LogP contribution in [0.25, 0.3) is 0 Å². The molecule has 0 unspecified atom stereocenters. The minimum Gasteiger partial charge on any atom is -0.194 e. The summed E-state index contributed by atoms with van der Waals surface area (Å²) in [6.45, 7) is 4.14. The van der Waals surface area contributed by atoms with Crippen LogP contribution in [0.4, 0.5) is 0 Å². The highest BCUT2D eigenvalue weighted by atomic mass is 32.2. The number of hydrogen-bond acceptors (Lipinski definition) is 3. The van der Waals surface area contributed by atoms with Crippen molar-refractivity contribution < 1.29 is 0 Å². The molecular weight excluding hydrogens is 288 g/mol. The summed E-state index contributed by atoms with van der Waals surface area (Å²) >= 11 is 1.89. The molecule has 0 amide bonds. The van der Waals surface area contributed by atoms with Crippen molar-refractivity contribution >= 4 is 11.8 Å². The molecule has 0 atom stereocenters. The van der Waals surface area contributed by atoms with E-state index in [2.05, 4.69) is 23.4 Å². The minimum absolute atomic E-state index is 0.916. The van der Waals surface area contributed by atoms with Gasteiger partial charge in [0.1, 0.15) is 0 Å². The zero-order chi connectivity index (χ0) is 16.1. The van der Waals surface area contributed by atoms with E-state index in [1.54, 1.807) is 0 Å². The normalized spacial score (nSPS) is 11.5. The lowest BCUT2D eigenvalue weighted by molar-refractivity contribution is 0.539. The molecule has 0 aromatic carbocycles. The molecule has 132 valence electrons. The number of unbranched alkanes of at least 4 members (excludes halogenated alkanes) is 12. The molecule has 0 aliphatic rings. The van der Waals surface area contributed by atoms with Crippen molar-refractivity contribution in [3.63, 3.8) is 0 Å². The quantitative estimate of drug-likeness (QED) is 0.191. The topological polar surface area (TPSA) is 24.7 Å². The summed E-state index contributed by atoms with van der Waals surface area (Å²) in [7, 11) is 0. The van der Waals surface area contributed by atoms with E-state index < -0.39 is 0 Å². The minimum atomic E-state index is 0.916. The van der Waals surface area contributed by atoms with Gasteiger partial charge in [-0.25, -0.2) is 0 Å². The summed E-state index contributed by atoms with van der Waals surface area (Å²) < 4.78 is 0. The van der Waals surface area contributed by atoms with Gasteiger partial charge in [0.25, 0.3) is 0 Å². The molecule has 0 heterocycles. The zero-order valence-electron chi connectivity index (χ0n) is 15.3. The van der Waals surface area contributed by atoms with Gasteiger partial charge in [0.2, 0.25) is 0 Å². The number of thioether (sulfide) groups is 1. The molecule has 0 aromatic rings. The van der Waals surface area contributed by atoms with Gasteiger partial charge >= 0.3 is 0 Å². The van der Waals surface area contributed by atoms with Gasteiger partial charge < -0.3 is 0 Å². The van der Waals surface area contributed by atoms with E-state index in [4.69, 9.17) is 0 Å². The first-order valence-corrected chi connectivity index (χ1v) is 11.1. The second-order valence-corrected chi connectivity index (χ2v) is 7.30. The van der Waals surface area contributed by atoms with E-state index in [0.717, 1.165) is 13.1 Å². The Morgan fingerprint density at radius 2 is 0.955 bits per heavy atom. The Labute approximate surface area is 144 Å². The van der Waals surface area contributed by atoms with Crippen LogP contribution >= 0.6 is 11.8 Å². The van der Waals surface area contributed by atoms with Crippen molar-refractivity contribution in [2.24, 2.45) is 10.2 Å². The lowest BCUT2D eigenvalue weighted by atomic mass is 10.0. The van der Waals surface area contributed by atoms with Crippen molar-refractivity contribution in [3.8, 4) is 0 Å². The van der Waals surface area contributed by atoms with Crippen molar-refractivity contribution in [3.05, 3.63) is 0 Å². The van der Waals surface area contributed by atoms with Gasteiger partial charge in [0.15, 0.2) is 0 Å². The molecule has 0 aromatic heterocycles. The first kappa shape index (κ1) is 21.9. The first-order chi connectivity index (χ1) is 10.9. The zero-order valence-corrected chi connectivity index (χ0v) is 16.1. The molecule has 0 saturated carbocycles. The van der Waals surface area contributed by atoms with E-state index in [9.17, 15) is 0 Å². The predicted molar refractivity (Wildman–Crippen MR) is 103 cm³/mol. The van der Waals surface area contributed by atoms with E-state index in [-0.39, 0.29) is 0 Å². The summed E-state index contributed by atoms with van der Waals surface area (Å²) in [5, 5.41) is 8.46. The van der Waals surface area contributed by atoms with Crippen LogP contribution in [0.5, 0.6) is 0 Å². The fourth-order valence-corrected chi connectivity index (χ4v) is 3.04. The number of azo groups is 1. The van der Waals surface area contributed by atoms with Gasteiger partial charge in [-0.1, -0.05) is 84.0 Å². The molecule has 0 aliphatic heterocycles. The highest BCUT2D eigenvalue weighted by molar-refractivity contribution is 7.98. The molecule has 0 rings (SSSR count). The van der Waals surface area contributed by atoms with Gasteiger partial charge in [-0.15, -0.1) is 0 Å². The number of rotatable bonds is 18. The van der Waals surface area contributed by atoms with Crippen LogP contribution in [0.15, 0.2) is 10.2 Å². The molecule has 22 heavy (non-hydrogen) atoms. The van der Waals surface area contributed by atoms with Crippen molar-refractivity contribution in [2.75, 3.05) is 25.1 Å². The molecule has 0 radical (unpaired) electrons. The average Bonchev–Trinajstić information content (AvgIpc) is 2.54. The fourth-order valence-electron chi connectivity index (χ4n) is 2.62. The maximum atomic E-state index is 4.25. The van der Waals surface area contributed by atoms with Gasteiger partial charge in [-0.05, 0) is 24.9 Å². The third kappa shape index (κ3) is 19.9. The molecule has 2 nitrogen and oxygen atoms in total. The van der Waals surface area contributed by atoms with Crippen LogP contribution in [0, 0.1) is 0 Å². The highest BCUT2D eigenvalue weighted by Crippen LogP contribution is 2.12. The number of nitrogens with zero attached hydrogens (tertiary/aromatic N) is 2. The molecule has 0 spiro atoms. The predicted octanol–water partition coefficient (Wildman–Crippen LogP) is 7.28. The Bertz CT molecular complexity index is 219. The van der Waals surface area contributed by atoms with Crippen molar-refractivity contribution in [1.82, 2.24) is 0 Å². The molecule has 0 bridgehead atoms. The van der Waals surface area contributed by atoms with E-state index in [1.807, 2.05) is 11.8 Å². The molecule has 0 N–H and O–H groups in total. The van der Waals surface area contributed by atoms with Crippen LogP contribution in [0.1, 0.15) is 96.8 Å². The van der Waals surface area contributed by atoms with Gasteiger partial charge in [0, 0.05) is 0 Å². The van der Waals surface area contributed by atoms with E-state index in [0.29, 0.717) is 0 Å². The summed E-state index contributed by atoms with van der Waals surface area (Å²) in [6, 6.07) is 0. The second-order valence-electron chi connectivity index (χ2n) is 6.32. The van der Waals surface area contributed by atoms with Crippen molar-refractivity contribution in [1.29, 1.82) is 0 Å². The lowest BCUT2D eigenvalue weighted by Gasteiger charge is -2.02. The maximum Gasteiger partial charge on any atom is 0.0606 e. The Hall–Kier alpha value is -0.0500. The van der Waals surface area contributed by atoms with Gasteiger partial charge in [0.05, 0.1) is 13.1 Å². The summed E-state index contributed by atoms with van der Waals surface area (Å²) in [4.78, 5) is 0. The fraction of sp³-hybridized carbons (Fsp3) is 1.00. The highest BCUT2D eigenvalue weighted by Gasteiger charge is 1.93. The Morgan fingerprint density at radius 1 is 0.545 bits per heavy atom. The third-order valence-electron chi connectivity index (χ3n) is 4.07. The lowest BCUT2D eigenvalue weighted by Crippen LogP contribution is -1.86. The number of hydrogen-bond donors (Lipinski definition) is 0. The SMILES string of the molecule is CCCCCCCCCCCCCCC/N=N\CCCSC. The first-order valence-electron chi connectivity index (χ1n) is 9.74. The van der Waals surface area contributed by atoms with Crippen LogP contribution < -0.4 is 0 Å². The Morgan fingerprint density at radius 3 is 1.41 bits per heavy atom. The average molecular weight is 329 g/mol. The molecular formula is C19H40N2S. The summed E-state index contributed by atoms with van der Waals surface area (Å²) in [5.74, 6) is 1.21. The monoisotopic (exact) mass is 328 g/mol. The van der Waals surface area contributed by atoms with Crippen LogP contribution in [0.3, 0.4) is 0 Å². The second kappa shape index (κ2) is 20.9. The third-order valence-corrected chi connectivity index (χ3v) is 4.77. The summed E-state index contributed by atoms with van der Waals surface area (Å²) in [6.07, 6.45) is 21.6. The van der Waals surface area contributed by atoms with Crippen LogP contribution in [-0.4, -0.2) is 25.1 Å². The Kier molecular flexibility index (Phi) is 20.9. The molecule has 0 saturated heterocycles. The smallest absolute Gasteiger partial charge is 0.0606 e. The van der Waals surface area contributed by atoms with E-state index in [1.165, 1.54) is 95.6 Å². The molecule has 0 fully saturated rings. The van der Waals surface area contributed by atoms with E-state index >= 15 is 0 Å². The molecule has 3 heteroatoms. The van der Waals surface area contributed by atoms with Gasteiger partial charge in [-0.3, -0.25) is 0 Å². The Balaban J connectivity index is 2.99. The molecule has 0 aliphatic carbocycles. The maximum absolute atomic E-state index is 4.25. The van der Waals surface area contributed by atoms with Crippen molar-refractivity contribution in [2.45, 2.75) is 96.8 Å². The summed E-state index contributed by atoms with van der Waals surface area (Å²) in [5.41, 5.74) is 0. The van der Waals surface area contributed by atoms with Crippen LogP contribution in [-0.2, 0) is 0 Å². The van der Waals surface area contributed by atoms with Crippen LogP contribution in [0.2, 0.25) is 0 Å². The standard InChI is InChI=1S/C19H40N2S/c1-3-4-5-6-7-8-9-10-11-12-13-14-15-17-20-21-18-16-19-22-2/h3-19H2,1-2H3/b21-20-. The largest absolute Gasteiger partial charge is 0.194 e. The van der Waals surface area contributed by atoms with Gasteiger partial charge in [-0.2, -0.15) is 22.0 Å².